The molecule has 1 rings (SSSR count). The van der Waals surface area contributed by atoms with Gasteiger partial charge >= 0.3 is 0 Å². The summed E-state index contributed by atoms with van der Waals surface area (Å²) in [5, 5.41) is 6.02. The normalized spacial score (nSPS) is 13.1. The van der Waals surface area contributed by atoms with Crippen molar-refractivity contribution >= 4 is 29.1 Å². The second kappa shape index (κ2) is 8.89. The van der Waals surface area contributed by atoms with Crippen LogP contribution in [0.1, 0.15) is 38.7 Å². The zero-order chi connectivity index (χ0) is 18.3. The Morgan fingerprint density at radius 3 is 2.62 bits per heavy atom. The monoisotopic (exact) mass is 355 g/mol. The van der Waals surface area contributed by atoms with Gasteiger partial charge in [0.05, 0.1) is 18.3 Å². The number of methoxy groups -OCH3 is 1. The van der Waals surface area contributed by atoms with Gasteiger partial charge < -0.3 is 21.1 Å². The van der Waals surface area contributed by atoms with E-state index < -0.39 is 5.54 Å². The molecule has 7 heteroatoms. The fourth-order valence-electron chi connectivity index (χ4n) is 2.27. The van der Waals surface area contributed by atoms with E-state index in [9.17, 15) is 9.59 Å². The lowest BCUT2D eigenvalue weighted by Gasteiger charge is -2.22. The van der Waals surface area contributed by atoms with Crippen molar-refractivity contribution in [3.63, 3.8) is 0 Å². The summed E-state index contributed by atoms with van der Waals surface area (Å²) in [5.74, 6) is 0.00192. The van der Waals surface area contributed by atoms with Gasteiger partial charge in [0, 0.05) is 24.1 Å². The third kappa shape index (κ3) is 5.69. The van der Waals surface area contributed by atoms with Gasteiger partial charge in [-0.2, -0.15) is 0 Å². The number of carbonyl (C=O) groups is 2. The molecular weight excluding hydrogens is 330 g/mol. The third-order valence-corrected chi connectivity index (χ3v) is 4.09. The van der Waals surface area contributed by atoms with Crippen molar-refractivity contribution in [2.45, 2.75) is 45.6 Å². The van der Waals surface area contributed by atoms with Crippen molar-refractivity contribution in [3.8, 4) is 5.75 Å². The number of anilines is 1. The van der Waals surface area contributed by atoms with Gasteiger partial charge in [0.15, 0.2) is 0 Å². The Labute approximate surface area is 148 Å². The first-order valence-electron chi connectivity index (χ1n) is 7.92. The molecule has 0 aliphatic rings. The summed E-state index contributed by atoms with van der Waals surface area (Å²) in [6.07, 6.45) is 1.54. The van der Waals surface area contributed by atoms with Crippen LogP contribution >= 0.6 is 11.6 Å². The zero-order valence-electron chi connectivity index (χ0n) is 14.7. The summed E-state index contributed by atoms with van der Waals surface area (Å²) in [7, 11) is 1.51. The standard InChI is InChI=1S/C17H26ClN3O3/c1-5-7-17(3,19)16(23)20-8-6-15(22)21-13-9-11(2)12(18)10-14(13)24-4/h9-10H,5-8,19H2,1-4H3,(H,20,23)(H,21,22). The van der Waals surface area contributed by atoms with Crippen LogP contribution in [0.4, 0.5) is 5.69 Å². The fraction of sp³-hybridized carbons (Fsp3) is 0.529. The molecule has 1 atom stereocenters. The van der Waals surface area contributed by atoms with E-state index in [4.69, 9.17) is 22.1 Å². The van der Waals surface area contributed by atoms with Gasteiger partial charge in [-0.3, -0.25) is 9.59 Å². The smallest absolute Gasteiger partial charge is 0.239 e. The van der Waals surface area contributed by atoms with Crippen LogP contribution in [0.15, 0.2) is 12.1 Å². The van der Waals surface area contributed by atoms with Gasteiger partial charge in [-0.25, -0.2) is 0 Å². The van der Waals surface area contributed by atoms with Crippen LogP contribution in [-0.2, 0) is 9.59 Å². The lowest BCUT2D eigenvalue weighted by molar-refractivity contribution is -0.126. The summed E-state index contributed by atoms with van der Waals surface area (Å²) in [5.41, 5.74) is 6.40. The Kier molecular flexibility index (Phi) is 7.51. The SMILES string of the molecule is CCCC(C)(N)C(=O)NCCC(=O)Nc1cc(C)c(Cl)cc1OC. The summed E-state index contributed by atoms with van der Waals surface area (Å²) in [6.45, 7) is 5.71. The molecule has 1 unspecified atom stereocenters. The fourth-order valence-corrected chi connectivity index (χ4v) is 2.42. The van der Waals surface area contributed by atoms with Crippen LogP contribution in [0.3, 0.4) is 0 Å². The molecule has 2 amide bonds. The van der Waals surface area contributed by atoms with Gasteiger partial charge in [0.2, 0.25) is 11.8 Å². The molecule has 134 valence electrons. The molecule has 0 aliphatic carbocycles. The second-order valence-electron chi connectivity index (χ2n) is 6.02. The van der Waals surface area contributed by atoms with Crippen molar-refractivity contribution in [2.75, 3.05) is 19.0 Å². The average molecular weight is 356 g/mol. The molecule has 0 spiro atoms. The highest BCUT2D eigenvalue weighted by molar-refractivity contribution is 6.31. The minimum atomic E-state index is -0.915. The molecule has 0 saturated heterocycles. The molecule has 4 N–H and O–H groups in total. The third-order valence-electron chi connectivity index (χ3n) is 3.68. The van der Waals surface area contributed by atoms with E-state index in [-0.39, 0.29) is 24.8 Å². The first-order valence-corrected chi connectivity index (χ1v) is 8.30. The van der Waals surface area contributed by atoms with Crippen LogP contribution in [0.25, 0.3) is 0 Å². The zero-order valence-corrected chi connectivity index (χ0v) is 15.4. The van der Waals surface area contributed by atoms with Crippen molar-refractivity contribution < 1.29 is 14.3 Å². The summed E-state index contributed by atoms with van der Waals surface area (Å²) in [4.78, 5) is 24.0. The summed E-state index contributed by atoms with van der Waals surface area (Å²) in [6, 6.07) is 3.40. The van der Waals surface area contributed by atoms with Gasteiger partial charge in [-0.05, 0) is 31.9 Å². The minimum Gasteiger partial charge on any atom is -0.495 e. The minimum absolute atomic E-state index is 0.138. The number of hydrogen-bond donors (Lipinski definition) is 3. The predicted molar refractivity (Wildman–Crippen MR) is 96.5 cm³/mol. The largest absolute Gasteiger partial charge is 0.495 e. The number of nitrogens with one attached hydrogen (secondary N) is 2. The Morgan fingerprint density at radius 2 is 2.04 bits per heavy atom. The topological polar surface area (TPSA) is 93.5 Å². The Hall–Kier alpha value is -1.79. The second-order valence-corrected chi connectivity index (χ2v) is 6.43. The lowest BCUT2D eigenvalue weighted by atomic mass is 9.96. The maximum absolute atomic E-state index is 12.1. The van der Waals surface area contributed by atoms with Crippen LogP contribution in [0.5, 0.6) is 5.75 Å². The highest BCUT2D eigenvalue weighted by Gasteiger charge is 2.26. The molecule has 1 aromatic rings. The van der Waals surface area contributed by atoms with E-state index in [0.29, 0.717) is 22.9 Å². The highest BCUT2D eigenvalue weighted by Crippen LogP contribution is 2.30. The van der Waals surface area contributed by atoms with Gasteiger partial charge in [0.1, 0.15) is 5.75 Å². The number of benzene rings is 1. The van der Waals surface area contributed by atoms with E-state index in [0.717, 1.165) is 12.0 Å². The van der Waals surface area contributed by atoms with Crippen molar-refractivity contribution in [3.05, 3.63) is 22.7 Å². The molecule has 1 aromatic carbocycles. The molecule has 0 radical (unpaired) electrons. The molecule has 6 nitrogen and oxygen atoms in total. The Balaban J connectivity index is 2.56. The number of nitrogens with two attached hydrogens (primary N) is 1. The van der Waals surface area contributed by atoms with E-state index in [1.54, 1.807) is 19.1 Å². The molecular formula is C17H26ClN3O3. The predicted octanol–water partition coefficient (Wildman–Crippen LogP) is 2.62. The van der Waals surface area contributed by atoms with Gasteiger partial charge in [-0.15, -0.1) is 0 Å². The first-order chi connectivity index (χ1) is 11.2. The average Bonchev–Trinajstić information content (AvgIpc) is 2.50. The summed E-state index contributed by atoms with van der Waals surface area (Å²) >= 11 is 6.04. The maximum Gasteiger partial charge on any atom is 0.239 e. The van der Waals surface area contributed by atoms with Crippen LogP contribution < -0.4 is 21.1 Å². The van der Waals surface area contributed by atoms with E-state index in [2.05, 4.69) is 10.6 Å². The first kappa shape index (κ1) is 20.3. The van der Waals surface area contributed by atoms with Crippen molar-refractivity contribution in [1.29, 1.82) is 0 Å². The number of aryl methyl sites for hydroxylation is 1. The number of amides is 2. The van der Waals surface area contributed by atoms with Gasteiger partial charge in [-0.1, -0.05) is 24.9 Å². The van der Waals surface area contributed by atoms with Crippen molar-refractivity contribution in [1.82, 2.24) is 5.32 Å². The van der Waals surface area contributed by atoms with Gasteiger partial charge in [0.25, 0.3) is 0 Å². The number of ether oxygens (including phenoxy) is 1. The Morgan fingerprint density at radius 1 is 1.38 bits per heavy atom. The highest BCUT2D eigenvalue weighted by atomic mass is 35.5. The van der Waals surface area contributed by atoms with Crippen molar-refractivity contribution in [2.24, 2.45) is 5.73 Å². The van der Waals surface area contributed by atoms with Crippen LogP contribution in [0.2, 0.25) is 5.02 Å². The number of carbonyl (C=O) groups excluding carboxylic acids is 2. The molecule has 24 heavy (non-hydrogen) atoms. The van der Waals surface area contributed by atoms with Crippen LogP contribution in [-0.4, -0.2) is 31.0 Å². The summed E-state index contributed by atoms with van der Waals surface area (Å²) < 4.78 is 5.21. The van der Waals surface area contributed by atoms with E-state index in [1.165, 1.54) is 7.11 Å². The molecule has 0 bridgehead atoms. The maximum atomic E-state index is 12.1. The molecule has 0 aliphatic heterocycles. The molecule has 0 heterocycles. The van der Waals surface area contributed by atoms with E-state index in [1.807, 2.05) is 13.8 Å². The van der Waals surface area contributed by atoms with E-state index >= 15 is 0 Å². The number of hydrogen-bond acceptors (Lipinski definition) is 4. The molecule has 0 fully saturated rings. The molecule has 0 aromatic heterocycles. The quantitative estimate of drug-likeness (QED) is 0.668. The molecule has 0 saturated carbocycles. The number of halogens is 1. The Bertz CT molecular complexity index is 603. The number of rotatable bonds is 8. The lowest BCUT2D eigenvalue weighted by Crippen LogP contribution is -2.51. The van der Waals surface area contributed by atoms with Crippen LogP contribution in [0, 0.1) is 6.92 Å².